The molecule has 0 aliphatic carbocycles. The van der Waals surface area contributed by atoms with Gasteiger partial charge in [-0.1, -0.05) is 13.8 Å². The minimum absolute atomic E-state index is 0.0518. The average molecular weight is 242 g/mol. The standard InChI is InChI=1S/C12H22N2O3/c1-4-13-7-9(2)10(15)14-6-5-12(3,8-14)11(16)17/h9,13H,4-8H2,1-3H3,(H,16,17). The maximum Gasteiger partial charge on any atom is 0.311 e. The zero-order valence-corrected chi connectivity index (χ0v) is 10.8. The fourth-order valence-corrected chi connectivity index (χ4v) is 2.08. The van der Waals surface area contributed by atoms with E-state index in [0.29, 0.717) is 26.1 Å². The van der Waals surface area contributed by atoms with E-state index in [9.17, 15) is 9.59 Å². The summed E-state index contributed by atoms with van der Waals surface area (Å²) in [5.41, 5.74) is -0.770. The Bertz CT molecular complexity index is 306. The minimum atomic E-state index is -0.813. The van der Waals surface area contributed by atoms with E-state index >= 15 is 0 Å². The predicted octanol–water partition coefficient (Wildman–Crippen LogP) is 0.555. The van der Waals surface area contributed by atoms with Crippen LogP contribution in [0.1, 0.15) is 27.2 Å². The summed E-state index contributed by atoms with van der Waals surface area (Å²) in [6, 6.07) is 0. The van der Waals surface area contributed by atoms with Gasteiger partial charge in [0, 0.05) is 25.6 Å². The van der Waals surface area contributed by atoms with Crippen LogP contribution in [0.15, 0.2) is 0 Å². The van der Waals surface area contributed by atoms with Crippen LogP contribution in [0.2, 0.25) is 0 Å². The number of amides is 1. The number of carboxylic acids is 1. The number of carboxylic acid groups (broad SMARTS) is 1. The van der Waals surface area contributed by atoms with Gasteiger partial charge in [0.25, 0.3) is 0 Å². The highest BCUT2D eigenvalue weighted by Gasteiger charge is 2.42. The molecule has 2 N–H and O–H groups in total. The van der Waals surface area contributed by atoms with Crippen molar-refractivity contribution in [2.75, 3.05) is 26.2 Å². The molecular formula is C12H22N2O3. The molecule has 2 unspecified atom stereocenters. The first-order valence-electron chi connectivity index (χ1n) is 6.13. The SMILES string of the molecule is CCNCC(C)C(=O)N1CCC(C)(C(=O)O)C1. The number of hydrogen-bond donors (Lipinski definition) is 2. The van der Waals surface area contributed by atoms with E-state index in [1.54, 1.807) is 11.8 Å². The Kier molecular flexibility index (Phi) is 4.51. The summed E-state index contributed by atoms with van der Waals surface area (Å²) in [5.74, 6) is -0.853. The van der Waals surface area contributed by atoms with Gasteiger partial charge in [-0.05, 0) is 19.9 Å². The molecule has 0 aromatic carbocycles. The predicted molar refractivity (Wildman–Crippen MR) is 64.6 cm³/mol. The first-order chi connectivity index (χ1) is 7.90. The van der Waals surface area contributed by atoms with Crippen LogP contribution in [-0.2, 0) is 9.59 Å². The molecule has 98 valence electrons. The molecule has 0 bridgehead atoms. The highest BCUT2D eigenvalue weighted by Crippen LogP contribution is 2.30. The van der Waals surface area contributed by atoms with E-state index in [1.165, 1.54) is 0 Å². The van der Waals surface area contributed by atoms with Gasteiger partial charge < -0.3 is 15.3 Å². The van der Waals surface area contributed by atoms with Gasteiger partial charge in [0.05, 0.1) is 5.41 Å². The van der Waals surface area contributed by atoms with Gasteiger partial charge in [0.2, 0.25) is 5.91 Å². The molecule has 0 saturated carbocycles. The monoisotopic (exact) mass is 242 g/mol. The van der Waals surface area contributed by atoms with Crippen molar-refractivity contribution in [3.63, 3.8) is 0 Å². The van der Waals surface area contributed by atoms with Crippen molar-refractivity contribution in [3.05, 3.63) is 0 Å². The van der Waals surface area contributed by atoms with E-state index in [4.69, 9.17) is 5.11 Å². The van der Waals surface area contributed by atoms with Gasteiger partial charge in [-0.15, -0.1) is 0 Å². The molecule has 5 heteroatoms. The quantitative estimate of drug-likeness (QED) is 0.739. The molecule has 1 heterocycles. The first kappa shape index (κ1) is 14.0. The number of likely N-dealkylation sites (tertiary alicyclic amines) is 1. The third kappa shape index (κ3) is 3.19. The third-order valence-electron chi connectivity index (χ3n) is 3.42. The van der Waals surface area contributed by atoms with Gasteiger partial charge in [-0.2, -0.15) is 0 Å². The second-order valence-corrected chi connectivity index (χ2v) is 5.08. The second kappa shape index (κ2) is 5.49. The van der Waals surface area contributed by atoms with Gasteiger partial charge in [0.1, 0.15) is 0 Å². The summed E-state index contributed by atoms with van der Waals surface area (Å²) in [7, 11) is 0. The summed E-state index contributed by atoms with van der Waals surface area (Å²) in [6.07, 6.45) is 0.544. The Balaban J connectivity index is 2.53. The molecule has 0 radical (unpaired) electrons. The lowest BCUT2D eigenvalue weighted by molar-refractivity contribution is -0.147. The lowest BCUT2D eigenvalue weighted by atomic mass is 9.90. The number of nitrogens with zero attached hydrogens (tertiary/aromatic N) is 1. The van der Waals surface area contributed by atoms with E-state index in [0.717, 1.165) is 6.54 Å². The maximum absolute atomic E-state index is 12.1. The Morgan fingerprint density at radius 1 is 1.53 bits per heavy atom. The van der Waals surface area contributed by atoms with Crippen molar-refractivity contribution in [1.29, 1.82) is 0 Å². The van der Waals surface area contributed by atoms with Crippen LogP contribution in [0.4, 0.5) is 0 Å². The van der Waals surface area contributed by atoms with E-state index in [1.807, 2.05) is 13.8 Å². The average Bonchev–Trinajstić information content (AvgIpc) is 2.69. The fraction of sp³-hybridized carbons (Fsp3) is 0.833. The largest absolute Gasteiger partial charge is 0.481 e. The van der Waals surface area contributed by atoms with Crippen LogP contribution in [0, 0.1) is 11.3 Å². The van der Waals surface area contributed by atoms with Gasteiger partial charge in [0.15, 0.2) is 0 Å². The lowest BCUT2D eigenvalue weighted by Gasteiger charge is -2.23. The molecule has 1 aliphatic heterocycles. The first-order valence-corrected chi connectivity index (χ1v) is 6.13. The van der Waals surface area contributed by atoms with Gasteiger partial charge >= 0.3 is 5.97 Å². The van der Waals surface area contributed by atoms with Crippen LogP contribution in [0.25, 0.3) is 0 Å². The smallest absolute Gasteiger partial charge is 0.311 e. The van der Waals surface area contributed by atoms with Crippen molar-refractivity contribution in [2.24, 2.45) is 11.3 Å². The molecule has 5 nitrogen and oxygen atoms in total. The molecule has 1 saturated heterocycles. The van der Waals surface area contributed by atoms with E-state index in [-0.39, 0.29) is 11.8 Å². The second-order valence-electron chi connectivity index (χ2n) is 5.08. The molecular weight excluding hydrogens is 220 g/mol. The molecule has 17 heavy (non-hydrogen) atoms. The summed E-state index contributed by atoms with van der Waals surface area (Å²) in [6.45, 7) is 7.95. The number of carbonyl (C=O) groups excluding carboxylic acids is 1. The number of hydrogen-bond acceptors (Lipinski definition) is 3. The van der Waals surface area contributed by atoms with Crippen molar-refractivity contribution >= 4 is 11.9 Å². The molecule has 2 atom stereocenters. The topological polar surface area (TPSA) is 69.6 Å². The molecule has 1 amide bonds. The van der Waals surface area contributed by atoms with Crippen LogP contribution in [0.5, 0.6) is 0 Å². The highest BCUT2D eigenvalue weighted by molar-refractivity contribution is 5.81. The number of nitrogens with one attached hydrogen (secondary N) is 1. The van der Waals surface area contributed by atoms with Crippen molar-refractivity contribution in [2.45, 2.75) is 27.2 Å². The zero-order valence-electron chi connectivity index (χ0n) is 10.8. The van der Waals surface area contributed by atoms with E-state index in [2.05, 4.69) is 5.32 Å². The highest BCUT2D eigenvalue weighted by atomic mass is 16.4. The summed E-state index contributed by atoms with van der Waals surface area (Å²) >= 11 is 0. The number of rotatable bonds is 5. The van der Waals surface area contributed by atoms with E-state index < -0.39 is 11.4 Å². The summed E-state index contributed by atoms with van der Waals surface area (Å²) < 4.78 is 0. The fourth-order valence-electron chi connectivity index (χ4n) is 2.08. The van der Waals surface area contributed by atoms with Crippen molar-refractivity contribution in [1.82, 2.24) is 10.2 Å². The Morgan fingerprint density at radius 3 is 2.65 bits per heavy atom. The van der Waals surface area contributed by atoms with Crippen LogP contribution in [0.3, 0.4) is 0 Å². The lowest BCUT2D eigenvalue weighted by Crippen LogP contribution is -2.40. The van der Waals surface area contributed by atoms with Crippen molar-refractivity contribution < 1.29 is 14.7 Å². The number of carbonyl (C=O) groups is 2. The molecule has 1 aliphatic rings. The Morgan fingerprint density at radius 2 is 2.18 bits per heavy atom. The molecule has 0 aromatic heterocycles. The zero-order chi connectivity index (χ0) is 13.1. The molecule has 0 aromatic rings. The minimum Gasteiger partial charge on any atom is -0.481 e. The molecule has 1 rings (SSSR count). The van der Waals surface area contributed by atoms with Crippen LogP contribution in [-0.4, -0.2) is 48.1 Å². The van der Waals surface area contributed by atoms with Crippen molar-refractivity contribution in [3.8, 4) is 0 Å². The van der Waals surface area contributed by atoms with Gasteiger partial charge in [-0.25, -0.2) is 0 Å². The Labute approximate surface area is 102 Å². The third-order valence-corrected chi connectivity index (χ3v) is 3.42. The molecule has 1 fully saturated rings. The van der Waals surface area contributed by atoms with Gasteiger partial charge in [-0.3, -0.25) is 9.59 Å². The van der Waals surface area contributed by atoms with Crippen LogP contribution < -0.4 is 5.32 Å². The maximum atomic E-state index is 12.1. The molecule has 0 spiro atoms. The summed E-state index contributed by atoms with van der Waals surface area (Å²) in [5, 5.41) is 12.2. The number of aliphatic carboxylic acids is 1. The normalized spacial score (nSPS) is 25.9. The van der Waals surface area contributed by atoms with Crippen LogP contribution >= 0.6 is 0 Å². The Hall–Kier alpha value is -1.10. The summed E-state index contributed by atoms with van der Waals surface area (Å²) in [4.78, 5) is 24.8.